The smallest absolute Gasteiger partial charge is 0.326 e. The minimum absolute atomic E-state index is 0.128. The van der Waals surface area contributed by atoms with Gasteiger partial charge in [0.25, 0.3) is 0 Å². The van der Waals surface area contributed by atoms with Crippen molar-refractivity contribution < 1.29 is 44.1 Å². The van der Waals surface area contributed by atoms with E-state index in [0.717, 1.165) is 6.92 Å². The average Bonchev–Trinajstić information content (AvgIpc) is 3.25. The third kappa shape index (κ3) is 8.94. The first-order valence-corrected chi connectivity index (χ1v) is 11.0. The van der Waals surface area contributed by atoms with E-state index < -0.39 is 72.8 Å². The molecule has 0 saturated carbocycles. The Morgan fingerprint density at radius 3 is 2.12 bits per heavy atom. The summed E-state index contributed by atoms with van der Waals surface area (Å²) in [5.74, 6) is -5.80. The Bertz CT molecular complexity index is 776. The Hall–Kier alpha value is -3.26. The Morgan fingerprint density at radius 2 is 1.59 bits per heavy atom. The summed E-state index contributed by atoms with van der Waals surface area (Å²) in [6, 6.07) is -5.22. The molecule has 14 heteroatoms. The molecule has 192 valence electrons. The average molecular weight is 488 g/mol. The van der Waals surface area contributed by atoms with Crippen LogP contribution < -0.4 is 21.7 Å². The summed E-state index contributed by atoms with van der Waals surface area (Å²) in [5, 5.41) is 34.6. The molecule has 0 aromatic rings. The van der Waals surface area contributed by atoms with Gasteiger partial charge in [0.15, 0.2) is 0 Å². The van der Waals surface area contributed by atoms with E-state index in [1.54, 1.807) is 0 Å². The maximum absolute atomic E-state index is 13.1. The number of likely N-dealkylation sites (tertiary alicyclic amines) is 1. The maximum Gasteiger partial charge on any atom is 0.326 e. The molecular weight excluding hydrogens is 454 g/mol. The van der Waals surface area contributed by atoms with Crippen LogP contribution in [-0.4, -0.2) is 99.7 Å². The van der Waals surface area contributed by atoms with E-state index in [-0.39, 0.29) is 19.4 Å². The lowest BCUT2D eigenvalue weighted by atomic mass is 10.1. The molecule has 1 saturated heterocycles. The van der Waals surface area contributed by atoms with Gasteiger partial charge in [-0.3, -0.25) is 24.0 Å². The van der Waals surface area contributed by atoms with Gasteiger partial charge < -0.3 is 41.9 Å². The number of rotatable bonds is 14. The predicted molar refractivity (Wildman–Crippen MR) is 116 cm³/mol. The largest absolute Gasteiger partial charge is 0.481 e. The Morgan fingerprint density at radius 1 is 0.971 bits per heavy atom. The molecule has 4 amide bonds. The number of nitrogens with two attached hydrogens (primary N) is 1. The van der Waals surface area contributed by atoms with Gasteiger partial charge in [-0.1, -0.05) is 0 Å². The molecule has 0 aliphatic carbocycles. The number of aliphatic carboxylic acids is 2. The SMILES string of the molecule is CC(=O)N[C@@H](CO)C(=O)N[C@@H](CC(=O)O)C(=O)N[C@@H](CCCCN)C(=O)N1CCC[C@@H]1C(=O)O. The number of unbranched alkanes of at least 4 members (excludes halogenated alkanes) is 1. The van der Waals surface area contributed by atoms with Gasteiger partial charge in [0.05, 0.1) is 13.0 Å². The monoisotopic (exact) mass is 487 g/mol. The van der Waals surface area contributed by atoms with Gasteiger partial charge in [0, 0.05) is 13.5 Å². The molecule has 4 atom stereocenters. The first-order valence-electron chi connectivity index (χ1n) is 11.0. The van der Waals surface area contributed by atoms with E-state index in [0.29, 0.717) is 25.8 Å². The van der Waals surface area contributed by atoms with Crippen LogP contribution in [0.3, 0.4) is 0 Å². The molecule has 0 bridgehead atoms. The van der Waals surface area contributed by atoms with Crippen molar-refractivity contribution in [1.82, 2.24) is 20.9 Å². The van der Waals surface area contributed by atoms with Crippen molar-refractivity contribution in [2.75, 3.05) is 19.7 Å². The Labute approximate surface area is 196 Å². The third-order valence-corrected chi connectivity index (χ3v) is 5.27. The number of amides is 4. The van der Waals surface area contributed by atoms with Crippen LogP contribution in [0, 0.1) is 0 Å². The molecule has 1 aliphatic heterocycles. The van der Waals surface area contributed by atoms with E-state index in [9.17, 15) is 39.0 Å². The minimum Gasteiger partial charge on any atom is -0.481 e. The summed E-state index contributed by atoms with van der Waals surface area (Å²) < 4.78 is 0. The van der Waals surface area contributed by atoms with Crippen molar-refractivity contribution in [1.29, 1.82) is 0 Å². The van der Waals surface area contributed by atoms with Gasteiger partial charge in [-0.2, -0.15) is 0 Å². The van der Waals surface area contributed by atoms with Crippen LogP contribution in [0.4, 0.5) is 0 Å². The fourth-order valence-electron chi connectivity index (χ4n) is 3.61. The zero-order valence-electron chi connectivity index (χ0n) is 19.0. The summed E-state index contributed by atoms with van der Waals surface area (Å²) in [4.78, 5) is 73.4. The second-order valence-corrected chi connectivity index (χ2v) is 7.97. The fraction of sp³-hybridized carbons (Fsp3) is 0.700. The van der Waals surface area contributed by atoms with Gasteiger partial charge in [-0.25, -0.2) is 4.79 Å². The molecule has 1 heterocycles. The molecule has 1 aliphatic rings. The summed E-state index contributed by atoms with van der Waals surface area (Å²) in [5.41, 5.74) is 5.49. The standard InChI is InChI=1S/C20H33N5O9/c1-11(27)22-14(10-26)18(31)24-13(9-16(28)29)17(30)23-12(5-2-3-7-21)19(32)25-8-4-6-15(25)20(33)34/h12-15,26H,2-10,21H2,1H3,(H,22,27)(H,23,30)(H,24,31)(H,28,29)(H,33,34)/t12-,13-,14-,15+/m0/s1. The van der Waals surface area contributed by atoms with E-state index >= 15 is 0 Å². The Balaban J connectivity index is 3.03. The lowest BCUT2D eigenvalue weighted by molar-refractivity contribution is -0.149. The van der Waals surface area contributed by atoms with Crippen molar-refractivity contribution in [3.05, 3.63) is 0 Å². The van der Waals surface area contributed by atoms with E-state index in [2.05, 4.69) is 16.0 Å². The van der Waals surface area contributed by atoms with Crippen LogP contribution >= 0.6 is 0 Å². The molecule has 14 nitrogen and oxygen atoms in total. The topological polar surface area (TPSA) is 228 Å². The molecule has 0 aromatic carbocycles. The van der Waals surface area contributed by atoms with E-state index in [1.807, 2.05) is 0 Å². The summed E-state index contributed by atoms with van der Waals surface area (Å²) in [7, 11) is 0. The first-order chi connectivity index (χ1) is 16.0. The summed E-state index contributed by atoms with van der Waals surface area (Å²) >= 11 is 0. The molecule has 8 N–H and O–H groups in total. The zero-order chi connectivity index (χ0) is 25.8. The van der Waals surface area contributed by atoms with Gasteiger partial charge in [0.1, 0.15) is 24.2 Å². The number of nitrogens with zero attached hydrogens (tertiary/aromatic N) is 1. The zero-order valence-corrected chi connectivity index (χ0v) is 19.0. The molecule has 34 heavy (non-hydrogen) atoms. The number of hydrogen-bond donors (Lipinski definition) is 7. The Kier molecular flexibility index (Phi) is 11.9. The van der Waals surface area contributed by atoms with Crippen LogP contribution in [0.1, 0.15) is 45.4 Å². The van der Waals surface area contributed by atoms with Gasteiger partial charge >= 0.3 is 11.9 Å². The maximum atomic E-state index is 13.1. The predicted octanol–water partition coefficient (Wildman–Crippen LogP) is -2.87. The van der Waals surface area contributed by atoms with Gasteiger partial charge in [0.2, 0.25) is 23.6 Å². The molecule has 0 aromatic heterocycles. The van der Waals surface area contributed by atoms with Crippen LogP contribution in [0.2, 0.25) is 0 Å². The number of carbonyl (C=O) groups is 6. The van der Waals surface area contributed by atoms with Crippen LogP contribution in [0.25, 0.3) is 0 Å². The number of carboxylic acid groups (broad SMARTS) is 2. The van der Waals surface area contributed by atoms with Crippen molar-refractivity contribution >= 4 is 35.6 Å². The number of nitrogens with one attached hydrogen (secondary N) is 3. The summed E-state index contributed by atoms with van der Waals surface area (Å²) in [6.45, 7) is 0.846. The van der Waals surface area contributed by atoms with Crippen molar-refractivity contribution in [2.24, 2.45) is 5.73 Å². The van der Waals surface area contributed by atoms with Crippen molar-refractivity contribution in [3.63, 3.8) is 0 Å². The molecule has 0 unspecified atom stereocenters. The van der Waals surface area contributed by atoms with Crippen molar-refractivity contribution in [3.8, 4) is 0 Å². The van der Waals surface area contributed by atoms with Crippen LogP contribution in [0.5, 0.6) is 0 Å². The molecular formula is C20H33N5O9. The number of carbonyl (C=O) groups excluding carboxylic acids is 4. The lowest BCUT2D eigenvalue weighted by Gasteiger charge is -2.29. The highest BCUT2D eigenvalue weighted by molar-refractivity contribution is 5.96. The minimum atomic E-state index is -1.62. The first kappa shape index (κ1) is 28.8. The molecule has 1 rings (SSSR count). The number of aliphatic hydroxyl groups excluding tert-OH is 1. The number of carboxylic acids is 2. The fourth-order valence-corrected chi connectivity index (χ4v) is 3.61. The quantitative estimate of drug-likeness (QED) is 0.124. The number of aliphatic hydroxyl groups is 1. The number of hydrogen-bond acceptors (Lipinski definition) is 8. The van der Waals surface area contributed by atoms with Crippen LogP contribution in [0.15, 0.2) is 0 Å². The molecule has 0 radical (unpaired) electrons. The highest BCUT2D eigenvalue weighted by atomic mass is 16.4. The van der Waals surface area contributed by atoms with E-state index in [1.165, 1.54) is 4.90 Å². The molecule has 1 fully saturated rings. The highest BCUT2D eigenvalue weighted by Gasteiger charge is 2.38. The van der Waals surface area contributed by atoms with E-state index in [4.69, 9.17) is 10.8 Å². The van der Waals surface area contributed by atoms with Gasteiger partial charge in [-0.15, -0.1) is 0 Å². The molecule has 0 spiro atoms. The summed E-state index contributed by atoms with van der Waals surface area (Å²) in [6.07, 6.45) is 1.02. The second kappa shape index (κ2) is 14.1. The van der Waals surface area contributed by atoms with Crippen LogP contribution in [-0.2, 0) is 28.8 Å². The van der Waals surface area contributed by atoms with Gasteiger partial charge in [-0.05, 0) is 38.6 Å². The second-order valence-electron chi connectivity index (χ2n) is 7.97. The van der Waals surface area contributed by atoms with Crippen molar-refractivity contribution in [2.45, 2.75) is 69.6 Å². The highest BCUT2D eigenvalue weighted by Crippen LogP contribution is 2.20. The normalized spacial score (nSPS) is 17.9. The lowest BCUT2D eigenvalue weighted by Crippen LogP contribution is -2.58. The third-order valence-electron chi connectivity index (χ3n) is 5.27.